The molecule has 0 N–H and O–H groups in total. The van der Waals surface area contributed by atoms with Gasteiger partial charge in [-0.25, -0.2) is 0 Å². The molecule has 1 aromatic heterocycles. The monoisotopic (exact) mass is 308 g/mol. The van der Waals surface area contributed by atoms with Crippen LogP contribution >= 0.6 is 0 Å². The van der Waals surface area contributed by atoms with Gasteiger partial charge in [0.05, 0.1) is 19.2 Å². The molecule has 2 fully saturated rings. The maximum absolute atomic E-state index is 12.4. The summed E-state index contributed by atoms with van der Waals surface area (Å²) in [7, 11) is 0. The lowest BCUT2D eigenvalue weighted by Crippen LogP contribution is -2.41. The summed E-state index contributed by atoms with van der Waals surface area (Å²) < 4.78 is 10.7. The molecular formula is C15H24N4O3. The second-order valence-corrected chi connectivity index (χ2v) is 6.12. The number of hydrogen-bond donors (Lipinski definition) is 0. The van der Waals surface area contributed by atoms with Gasteiger partial charge in [-0.15, -0.1) is 0 Å². The predicted molar refractivity (Wildman–Crippen MR) is 79.1 cm³/mol. The van der Waals surface area contributed by atoms with E-state index in [0.29, 0.717) is 24.8 Å². The van der Waals surface area contributed by atoms with Crippen molar-refractivity contribution in [2.24, 2.45) is 0 Å². The van der Waals surface area contributed by atoms with Gasteiger partial charge in [0.25, 0.3) is 0 Å². The summed E-state index contributed by atoms with van der Waals surface area (Å²) in [5, 5.41) is 3.94. The molecular weight excluding hydrogens is 284 g/mol. The Hall–Kier alpha value is -1.47. The molecule has 1 atom stereocenters. The van der Waals surface area contributed by atoms with E-state index in [-0.39, 0.29) is 12.0 Å². The lowest BCUT2D eigenvalue weighted by molar-refractivity contribution is -0.131. The number of nitrogens with zero attached hydrogens (tertiary/aromatic N) is 4. The molecule has 0 bridgehead atoms. The highest BCUT2D eigenvalue weighted by molar-refractivity contribution is 5.78. The molecule has 3 heterocycles. The fourth-order valence-corrected chi connectivity index (χ4v) is 3.12. The van der Waals surface area contributed by atoms with Gasteiger partial charge in [-0.2, -0.15) is 4.98 Å². The van der Waals surface area contributed by atoms with Crippen LogP contribution in [0, 0.1) is 6.92 Å². The Balaban J connectivity index is 1.60. The number of rotatable bonds is 6. The van der Waals surface area contributed by atoms with Crippen molar-refractivity contribution in [3.05, 3.63) is 11.7 Å². The summed E-state index contributed by atoms with van der Waals surface area (Å²) in [6.45, 7) is 6.02. The topological polar surface area (TPSA) is 71.7 Å². The van der Waals surface area contributed by atoms with Crippen LogP contribution in [0.4, 0.5) is 0 Å². The molecule has 0 radical (unpaired) electrons. The van der Waals surface area contributed by atoms with Crippen molar-refractivity contribution in [1.82, 2.24) is 19.9 Å². The lowest BCUT2D eigenvalue weighted by Gasteiger charge is -2.25. The average Bonchev–Trinajstić information content (AvgIpc) is 3.21. The lowest BCUT2D eigenvalue weighted by atomic mass is 10.2. The molecule has 122 valence electrons. The number of likely N-dealkylation sites (tertiary alicyclic amines) is 1. The second kappa shape index (κ2) is 7.19. The summed E-state index contributed by atoms with van der Waals surface area (Å²) >= 11 is 0. The fourth-order valence-electron chi connectivity index (χ4n) is 3.12. The van der Waals surface area contributed by atoms with Crippen LogP contribution < -0.4 is 0 Å². The van der Waals surface area contributed by atoms with E-state index < -0.39 is 0 Å². The molecule has 2 aliphatic heterocycles. The number of hydrogen-bond acceptors (Lipinski definition) is 6. The number of carbonyl (C=O) groups excluding carboxylic acids is 1. The van der Waals surface area contributed by atoms with E-state index in [2.05, 4.69) is 15.0 Å². The van der Waals surface area contributed by atoms with Gasteiger partial charge < -0.3 is 14.2 Å². The first-order chi connectivity index (χ1) is 10.7. The van der Waals surface area contributed by atoms with E-state index in [4.69, 9.17) is 9.26 Å². The van der Waals surface area contributed by atoms with Crippen molar-refractivity contribution < 1.29 is 14.1 Å². The van der Waals surface area contributed by atoms with Crippen LogP contribution in [0.15, 0.2) is 4.52 Å². The maximum atomic E-state index is 12.4. The minimum atomic E-state index is 0.190. The van der Waals surface area contributed by atoms with Crippen molar-refractivity contribution in [2.75, 3.05) is 32.8 Å². The van der Waals surface area contributed by atoms with Crippen LogP contribution in [0.5, 0.6) is 0 Å². The van der Waals surface area contributed by atoms with Gasteiger partial charge in [0.15, 0.2) is 5.82 Å². The molecule has 0 aliphatic carbocycles. The van der Waals surface area contributed by atoms with Gasteiger partial charge in [0.1, 0.15) is 0 Å². The fraction of sp³-hybridized carbons (Fsp3) is 0.800. The highest BCUT2D eigenvalue weighted by atomic mass is 16.5. The first kappa shape index (κ1) is 15.4. The highest BCUT2D eigenvalue weighted by Gasteiger charge is 2.25. The average molecular weight is 308 g/mol. The van der Waals surface area contributed by atoms with Crippen molar-refractivity contribution >= 4 is 5.91 Å². The number of aromatic nitrogens is 2. The molecule has 0 saturated carbocycles. The van der Waals surface area contributed by atoms with Gasteiger partial charge in [0.2, 0.25) is 11.8 Å². The summed E-state index contributed by atoms with van der Waals surface area (Å²) in [6.07, 6.45) is 4.59. The molecule has 3 rings (SSSR count). The van der Waals surface area contributed by atoms with Gasteiger partial charge in [-0.3, -0.25) is 9.69 Å². The van der Waals surface area contributed by atoms with Crippen LogP contribution in [-0.4, -0.2) is 64.7 Å². The Morgan fingerprint density at radius 1 is 1.36 bits per heavy atom. The summed E-state index contributed by atoms with van der Waals surface area (Å²) in [6, 6.07) is 0. The molecule has 22 heavy (non-hydrogen) atoms. The van der Waals surface area contributed by atoms with Gasteiger partial charge in [-0.1, -0.05) is 5.16 Å². The van der Waals surface area contributed by atoms with Crippen molar-refractivity contribution in [3.63, 3.8) is 0 Å². The van der Waals surface area contributed by atoms with Crippen LogP contribution in [-0.2, 0) is 16.1 Å². The third-order valence-corrected chi connectivity index (χ3v) is 4.24. The number of aryl methyl sites for hydroxylation is 1. The SMILES string of the molecule is Cc1nc(CN(CC(=O)N2CCCC2)C[C@H]2CCCO2)no1. The zero-order valence-electron chi connectivity index (χ0n) is 13.2. The molecule has 2 saturated heterocycles. The Kier molecular flexibility index (Phi) is 5.04. The standard InChI is InChI=1S/C15H24N4O3/c1-12-16-14(17-22-12)10-18(9-13-5-4-8-21-13)11-15(20)19-6-2-3-7-19/h13H,2-11H2,1H3/t13-/m1/s1. The quantitative estimate of drug-likeness (QED) is 0.780. The Labute approximate surface area is 130 Å². The number of carbonyl (C=O) groups is 1. The zero-order valence-corrected chi connectivity index (χ0v) is 13.2. The summed E-state index contributed by atoms with van der Waals surface area (Å²) in [5.74, 6) is 1.37. The normalized spacial score (nSPS) is 21.9. The van der Waals surface area contributed by atoms with E-state index in [9.17, 15) is 4.79 Å². The zero-order chi connectivity index (χ0) is 15.4. The number of amides is 1. The second-order valence-electron chi connectivity index (χ2n) is 6.12. The minimum absolute atomic E-state index is 0.190. The smallest absolute Gasteiger partial charge is 0.236 e. The molecule has 1 aromatic rings. The molecule has 1 amide bonds. The third-order valence-electron chi connectivity index (χ3n) is 4.24. The van der Waals surface area contributed by atoms with Gasteiger partial charge in [-0.05, 0) is 25.7 Å². The molecule has 7 nitrogen and oxygen atoms in total. The summed E-state index contributed by atoms with van der Waals surface area (Å²) in [4.78, 5) is 20.7. The Morgan fingerprint density at radius 2 is 2.18 bits per heavy atom. The third kappa shape index (κ3) is 4.04. The summed E-state index contributed by atoms with van der Waals surface area (Å²) in [5.41, 5.74) is 0. The minimum Gasteiger partial charge on any atom is -0.377 e. The molecule has 0 unspecified atom stereocenters. The maximum Gasteiger partial charge on any atom is 0.236 e. The Morgan fingerprint density at radius 3 is 2.82 bits per heavy atom. The van der Waals surface area contributed by atoms with E-state index in [1.54, 1.807) is 6.92 Å². The van der Waals surface area contributed by atoms with Crippen molar-refractivity contribution in [3.8, 4) is 0 Å². The van der Waals surface area contributed by atoms with E-state index in [0.717, 1.165) is 51.9 Å². The van der Waals surface area contributed by atoms with Crippen LogP contribution in [0.1, 0.15) is 37.4 Å². The van der Waals surface area contributed by atoms with Gasteiger partial charge in [0, 0.05) is 33.2 Å². The predicted octanol–water partition coefficient (Wildman–Crippen LogP) is 0.981. The number of ether oxygens (including phenoxy) is 1. The van der Waals surface area contributed by atoms with Crippen molar-refractivity contribution in [2.45, 2.75) is 45.3 Å². The van der Waals surface area contributed by atoms with Crippen LogP contribution in [0.2, 0.25) is 0 Å². The Bertz CT molecular complexity index is 493. The van der Waals surface area contributed by atoms with Gasteiger partial charge >= 0.3 is 0 Å². The first-order valence-corrected chi connectivity index (χ1v) is 8.11. The molecule has 2 aliphatic rings. The van der Waals surface area contributed by atoms with E-state index in [1.165, 1.54) is 0 Å². The van der Waals surface area contributed by atoms with E-state index >= 15 is 0 Å². The van der Waals surface area contributed by atoms with Crippen molar-refractivity contribution in [1.29, 1.82) is 0 Å². The molecule has 0 spiro atoms. The largest absolute Gasteiger partial charge is 0.377 e. The molecule has 0 aromatic carbocycles. The van der Waals surface area contributed by atoms with Crippen LogP contribution in [0.3, 0.4) is 0 Å². The van der Waals surface area contributed by atoms with E-state index in [1.807, 2.05) is 4.90 Å². The first-order valence-electron chi connectivity index (χ1n) is 8.11. The van der Waals surface area contributed by atoms with Crippen LogP contribution in [0.25, 0.3) is 0 Å². The molecule has 7 heteroatoms. The highest BCUT2D eigenvalue weighted by Crippen LogP contribution is 2.15.